The summed E-state index contributed by atoms with van der Waals surface area (Å²) in [5, 5.41) is 12.2. The average Bonchev–Trinajstić information content (AvgIpc) is 2.49. The molecule has 0 amide bonds. The van der Waals surface area contributed by atoms with Crippen molar-refractivity contribution >= 4 is 21.6 Å². The highest BCUT2D eigenvalue weighted by molar-refractivity contribution is 9.10. The molecule has 0 fully saturated rings. The number of rotatable bonds is 6. The summed E-state index contributed by atoms with van der Waals surface area (Å²) >= 11 is 3.48. The van der Waals surface area contributed by atoms with Crippen LogP contribution in [0.2, 0.25) is 0 Å². The van der Waals surface area contributed by atoms with Gasteiger partial charge in [0.25, 0.3) is 0 Å². The normalized spacial score (nSPS) is 10.0. The Labute approximate surface area is 128 Å². The van der Waals surface area contributed by atoms with E-state index in [4.69, 9.17) is 5.26 Å². The molecule has 2 nitrogen and oxygen atoms in total. The van der Waals surface area contributed by atoms with Gasteiger partial charge in [0.1, 0.15) is 0 Å². The first-order chi connectivity index (χ1) is 9.79. The highest BCUT2D eigenvalue weighted by Gasteiger charge is 2.00. The number of nitriles is 1. The SMILES string of the molecule is N#Cc1ccc(NCCCCc2ccccc2)c(Br)c1. The maximum absolute atomic E-state index is 8.82. The van der Waals surface area contributed by atoms with E-state index >= 15 is 0 Å². The van der Waals surface area contributed by atoms with E-state index in [1.165, 1.54) is 12.0 Å². The van der Waals surface area contributed by atoms with Crippen LogP contribution in [0.25, 0.3) is 0 Å². The number of hydrogen-bond acceptors (Lipinski definition) is 2. The second kappa shape index (κ2) is 7.72. The molecule has 102 valence electrons. The number of nitrogens with one attached hydrogen (secondary N) is 1. The molecule has 0 atom stereocenters. The minimum absolute atomic E-state index is 0.673. The lowest BCUT2D eigenvalue weighted by molar-refractivity contribution is 0.763. The predicted molar refractivity (Wildman–Crippen MR) is 86.7 cm³/mol. The minimum Gasteiger partial charge on any atom is -0.384 e. The third-order valence-corrected chi connectivity index (χ3v) is 3.80. The summed E-state index contributed by atoms with van der Waals surface area (Å²) in [7, 11) is 0. The lowest BCUT2D eigenvalue weighted by Crippen LogP contribution is -2.02. The fourth-order valence-corrected chi connectivity index (χ4v) is 2.57. The molecule has 2 rings (SSSR count). The molecule has 0 aliphatic heterocycles. The van der Waals surface area contributed by atoms with Crippen LogP contribution in [-0.2, 0) is 6.42 Å². The summed E-state index contributed by atoms with van der Waals surface area (Å²) in [4.78, 5) is 0. The van der Waals surface area contributed by atoms with E-state index in [1.807, 2.05) is 24.3 Å². The summed E-state index contributed by atoms with van der Waals surface area (Å²) < 4.78 is 0.944. The molecule has 0 saturated carbocycles. The summed E-state index contributed by atoms with van der Waals surface area (Å²) in [5.41, 5.74) is 3.11. The Hall–Kier alpha value is -1.79. The van der Waals surface area contributed by atoms with Gasteiger partial charge in [0.15, 0.2) is 0 Å². The van der Waals surface area contributed by atoms with Crippen LogP contribution < -0.4 is 5.32 Å². The van der Waals surface area contributed by atoms with Crippen LogP contribution in [0.1, 0.15) is 24.0 Å². The first-order valence-corrected chi connectivity index (χ1v) is 7.56. The Kier molecular flexibility index (Phi) is 5.64. The third-order valence-electron chi connectivity index (χ3n) is 3.15. The van der Waals surface area contributed by atoms with E-state index in [0.717, 1.165) is 29.5 Å². The molecule has 0 bridgehead atoms. The van der Waals surface area contributed by atoms with Crippen LogP contribution in [0.15, 0.2) is 53.0 Å². The number of nitrogens with zero attached hydrogens (tertiary/aromatic N) is 1. The van der Waals surface area contributed by atoms with E-state index in [9.17, 15) is 0 Å². The molecule has 0 unspecified atom stereocenters. The van der Waals surface area contributed by atoms with Gasteiger partial charge < -0.3 is 5.32 Å². The maximum Gasteiger partial charge on any atom is 0.0992 e. The molecule has 1 N–H and O–H groups in total. The third kappa shape index (κ3) is 4.40. The van der Waals surface area contributed by atoms with Crippen molar-refractivity contribution in [3.63, 3.8) is 0 Å². The van der Waals surface area contributed by atoms with Gasteiger partial charge in [-0.2, -0.15) is 5.26 Å². The summed E-state index contributed by atoms with van der Waals surface area (Å²) in [6.07, 6.45) is 3.42. The molecule has 2 aromatic carbocycles. The van der Waals surface area contributed by atoms with Gasteiger partial charge in [0.05, 0.1) is 11.6 Å². The molecule has 0 radical (unpaired) electrons. The summed E-state index contributed by atoms with van der Waals surface area (Å²) in [5.74, 6) is 0. The average molecular weight is 329 g/mol. The van der Waals surface area contributed by atoms with Gasteiger partial charge in [-0.05, 0) is 59.0 Å². The molecule has 2 aromatic rings. The van der Waals surface area contributed by atoms with E-state index < -0.39 is 0 Å². The van der Waals surface area contributed by atoms with Gasteiger partial charge in [-0.25, -0.2) is 0 Å². The first-order valence-electron chi connectivity index (χ1n) is 6.77. The van der Waals surface area contributed by atoms with Gasteiger partial charge >= 0.3 is 0 Å². The molecule has 0 aliphatic carbocycles. The molecule has 3 heteroatoms. The van der Waals surface area contributed by atoms with Crippen LogP contribution in [0.4, 0.5) is 5.69 Å². The van der Waals surface area contributed by atoms with E-state index in [2.05, 4.69) is 51.6 Å². The fraction of sp³-hybridized carbons (Fsp3) is 0.235. The zero-order chi connectivity index (χ0) is 14.2. The van der Waals surface area contributed by atoms with E-state index in [1.54, 1.807) is 0 Å². The number of anilines is 1. The molecule has 20 heavy (non-hydrogen) atoms. The van der Waals surface area contributed by atoms with Crippen LogP contribution in [0.3, 0.4) is 0 Å². The lowest BCUT2D eigenvalue weighted by atomic mass is 10.1. The monoisotopic (exact) mass is 328 g/mol. The minimum atomic E-state index is 0.673. The molecule has 0 heterocycles. The van der Waals surface area contributed by atoms with Gasteiger partial charge in [0.2, 0.25) is 0 Å². The standard InChI is InChI=1S/C17H17BrN2/c18-16-12-15(13-19)9-10-17(16)20-11-5-4-8-14-6-2-1-3-7-14/h1-3,6-7,9-10,12,20H,4-5,8,11H2. The molecule has 0 spiro atoms. The molecule has 0 saturated heterocycles. The second-order valence-corrected chi connectivity index (χ2v) is 5.53. The second-order valence-electron chi connectivity index (χ2n) is 4.68. The number of benzene rings is 2. The first kappa shape index (κ1) is 14.6. The van der Waals surface area contributed by atoms with E-state index in [-0.39, 0.29) is 0 Å². The zero-order valence-corrected chi connectivity index (χ0v) is 12.9. The van der Waals surface area contributed by atoms with Crippen LogP contribution in [-0.4, -0.2) is 6.54 Å². The number of hydrogen-bond donors (Lipinski definition) is 1. The van der Waals surface area contributed by atoms with Crippen molar-refractivity contribution in [3.05, 3.63) is 64.1 Å². The number of unbranched alkanes of at least 4 members (excludes halogenated alkanes) is 1. The van der Waals surface area contributed by atoms with Crippen LogP contribution in [0.5, 0.6) is 0 Å². The Bertz CT molecular complexity index is 588. The van der Waals surface area contributed by atoms with Gasteiger partial charge in [-0.3, -0.25) is 0 Å². The Morgan fingerprint density at radius 3 is 2.55 bits per heavy atom. The van der Waals surface area contributed by atoms with Gasteiger partial charge in [-0.15, -0.1) is 0 Å². The quantitative estimate of drug-likeness (QED) is 0.776. The molecule has 0 aliphatic rings. The topological polar surface area (TPSA) is 35.8 Å². The van der Waals surface area contributed by atoms with Crippen molar-refractivity contribution in [1.29, 1.82) is 5.26 Å². The van der Waals surface area contributed by atoms with Crippen molar-refractivity contribution in [3.8, 4) is 6.07 Å². The van der Waals surface area contributed by atoms with Crippen LogP contribution in [0, 0.1) is 11.3 Å². The van der Waals surface area contributed by atoms with Gasteiger partial charge in [0, 0.05) is 16.7 Å². The Balaban J connectivity index is 1.72. The summed E-state index contributed by atoms with van der Waals surface area (Å²) in [6, 6.07) is 18.3. The highest BCUT2D eigenvalue weighted by Crippen LogP contribution is 2.23. The van der Waals surface area contributed by atoms with E-state index in [0.29, 0.717) is 5.56 Å². The predicted octanol–water partition coefficient (Wildman–Crippen LogP) is 4.76. The number of halogens is 1. The Morgan fingerprint density at radius 2 is 1.85 bits per heavy atom. The largest absolute Gasteiger partial charge is 0.384 e. The number of aryl methyl sites for hydroxylation is 1. The van der Waals surface area contributed by atoms with Crippen molar-refractivity contribution < 1.29 is 0 Å². The van der Waals surface area contributed by atoms with Crippen LogP contribution >= 0.6 is 15.9 Å². The zero-order valence-electron chi connectivity index (χ0n) is 11.3. The Morgan fingerprint density at radius 1 is 1.05 bits per heavy atom. The molecular weight excluding hydrogens is 312 g/mol. The fourth-order valence-electron chi connectivity index (χ4n) is 2.05. The highest BCUT2D eigenvalue weighted by atomic mass is 79.9. The maximum atomic E-state index is 8.82. The van der Waals surface area contributed by atoms with Crippen molar-refractivity contribution in [1.82, 2.24) is 0 Å². The van der Waals surface area contributed by atoms with Crippen molar-refractivity contribution in [2.75, 3.05) is 11.9 Å². The lowest BCUT2D eigenvalue weighted by Gasteiger charge is -2.08. The summed E-state index contributed by atoms with van der Waals surface area (Å²) in [6.45, 7) is 0.942. The molecular formula is C17H17BrN2. The molecule has 0 aromatic heterocycles. The van der Waals surface area contributed by atoms with Crippen molar-refractivity contribution in [2.24, 2.45) is 0 Å². The van der Waals surface area contributed by atoms with Crippen molar-refractivity contribution in [2.45, 2.75) is 19.3 Å². The van der Waals surface area contributed by atoms with Gasteiger partial charge in [-0.1, -0.05) is 30.3 Å². The smallest absolute Gasteiger partial charge is 0.0992 e.